The van der Waals surface area contributed by atoms with E-state index in [1.54, 1.807) is 7.11 Å². The highest BCUT2D eigenvalue weighted by Gasteiger charge is 2.21. The summed E-state index contributed by atoms with van der Waals surface area (Å²) in [7, 11) is 1.59. The molecular weight excluding hydrogens is 426 g/mol. The summed E-state index contributed by atoms with van der Waals surface area (Å²) in [6, 6.07) is 20.0. The summed E-state index contributed by atoms with van der Waals surface area (Å²) >= 11 is 0. The predicted molar refractivity (Wildman–Crippen MR) is 120 cm³/mol. The number of hydrogen-bond donors (Lipinski definition) is 1. The van der Waals surface area contributed by atoms with Crippen LogP contribution in [0.4, 0.5) is 8.78 Å². The molecule has 0 spiro atoms. The first-order valence-corrected chi connectivity index (χ1v) is 10.4. The lowest BCUT2D eigenvalue weighted by molar-refractivity contribution is -0.121. The Kier molecular flexibility index (Phi) is 6.78. The molecule has 0 fully saturated rings. The van der Waals surface area contributed by atoms with Gasteiger partial charge in [0, 0.05) is 24.5 Å². The predicted octanol–water partition coefficient (Wildman–Crippen LogP) is 5.47. The standard InChI is InChI=1S/C26H22F2N2O3/c1-32-22-10-6-5-9-20(22)26(17-7-3-2-4-8-17)30-24(31)13-14-25-29-16-23(33-25)19-12-11-18(27)15-21(19)28/h2-12,15-16,26H,13-14H2,1H3,(H,30,31). The highest BCUT2D eigenvalue weighted by Crippen LogP contribution is 2.30. The molecule has 1 amide bonds. The van der Waals surface area contributed by atoms with Gasteiger partial charge in [-0.1, -0.05) is 48.5 Å². The summed E-state index contributed by atoms with van der Waals surface area (Å²) in [5.74, 6) is -0.474. The number of amides is 1. The average molecular weight is 448 g/mol. The normalized spacial score (nSPS) is 11.7. The van der Waals surface area contributed by atoms with E-state index in [1.165, 1.54) is 12.3 Å². The molecule has 0 saturated carbocycles. The van der Waals surface area contributed by atoms with Crippen molar-refractivity contribution in [1.82, 2.24) is 10.3 Å². The first kappa shape index (κ1) is 22.2. The van der Waals surface area contributed by atoms with Crippen molar-refractivity contribution >= 4 is 5.91 Å². The minimum Gasteiger partial charge on any atom is -0.496 e. The number of nitrogens with one attached hydrogen (secondary N) is 1. The van der Waals surface area contributed by atoms with Gasteiger partial charge in [-0.2, -0.15) is 0 Å². The molecule has 4 rings (SSSR count). The second-order valence-corrected chi connectivity index (χ2v) is 7.40. The van der Waals surface area contributed by atoms with Gasteiger partial charge < -0.3 is 14.5 Å². The summed E-state index contributed by atoms with van der Waals surface area (Å²) in [6.45, 7) is 0. The van der Waals surface area contributed by atoms with Gasteiger partial charge in [0.1, 0.15) is 17.4 Å². The second kappa shape index (κ2) is 10.1. The quantitative estimate of drug-likeness (QED) is 0.388. The largest absolute Gasteiger partial charge is 0.496 e. The third-order valence-electron chi connectivity index (χ3n) is 5.20. The van der Waals surface area contributed by atoms with Crippen molar-refractivity contribution in [3.05, 3.63) is 108 Å². The molecule has 5 nitrogen and oxygen atoms in total. The molecule has 3 aromatic carbocycles. The maximum absolute atomic E-state index is 14.0. The Morgan fingerprint density at radius 1 is 1.06 bits per heavy atom. The van der Waals surface area contributed by atoms with Crippen LogP contribution in [-0.2, 0) is 11.2 Å². The smallest absolute Gasteiger partial charge is 0.221 e. The van der Waals surface area contributed by atoms with Crippen molar-refractivity contribution in [3.63, 3.8) is 0 Å². The monoisotopic (exact) mass is 448 g/mol. The van der Waals surface area contributed by atoms with E-state index >= 15 is 0 Å². The van der Waals surface area contributed by atoms with Gasteiger partial charge in [0.2, 0.25) is 5.91 Å². The number of carbonyl (C=O) groups is 1. The molecule has 1 heterocycles. The van der Waals surface area contributed by atoms with Crippen molar-refractivity contribution in [2.45, 2.75) is 18.9 Å². The fourth-order valence-corrected chi connectivity index (χ4v) is 3.58. The van der Waals surface area contributed by atoms with E-state index in [4.69, 9.17) is 9.15 Å². The van der Waals surface area contributed by atoms with Crippen molar-refractivity contribution in [2.24, 2.45) is 0 Å². The van der Waals surface area contributed by atoms with E-state index in [1.807, 2.05) is 54.6 Å². The van der Waals surface area contributed by atoms with E-state index < -0.39 is 17.7 Å². The van der Waals surface area contributed by atoms with Crippen LogP contribution in [0.5, 0.6) is 5.75 Å². The molecule has 1 aromatic heterocycles. The molecule has 0 aliphatic carbocycles. The Morgan fingerprint density at radius 3 is 2.58 bits per heavy atom. The van der Waals surface area contributed by atoms with Crippen LogP contribution in [0.1, 0.15) is 29.5 Å². The zero-order chi connectivity index (χ0) is 23.2. The van der Waals surface area contributed by atoms with Crippen molar-refractivity contribution in [2.75, 3.05) is 7.11 Å². The van der Waals surface area contributed by atoms with Crippen LogP contribution in [0, 0.1) is 11.6 Å². The van der Waals surface area contributed by atoms with Crippen LogP contribution in [0.3, 0.4) is 0 Å². The molecule has 7 heteroatoms. The fraction of sp³-hybridized carbons (Fsp3) is 0.154. The van der Waals surface area contributed by atoms with E-state index in [2.05, 4.69) is 10.3 Å². The van der Waals surface area contributed by atoms with Gasteiger partial charge in [0.05, 0.1) is 24.9 Å². The van der Waals surface area contributed by atoms with E-state index in [9.17, 15) is 13.6 Å². The lowest BCUT2D eigenvalue weighted by atomic mass is 9.97. The number of ether oxygens (including phenoxy) is 1. The second-order valence-electron chi connectivity index (χ2n) is 7.40. The molecule has 0 bridgehead atoms. The van der Waals surface area contributed by atoms with Crippen molar-refractivity contribution in [3.8, 4) is 17.1 Å². The number of aryl methyl sites for hydroxylation is 1. The molecule has 0 radical (unpaired) electrons. The number of methoxy groups -OCH3 is 1. The van der Waals surface area contributed by atoms with Gasteiger partial charge in [-0.15, -0.1) is 0 Å². The number of benzene rings is 3. The van der Waals surface area contributed by atoms with Gasteiger partial charge in [0.15, 0.2) is 11.7 Å². The Hall–Kier alpha value is -4.00. The minimum absolute atomic E-state index is 0.111. The highest BCUT2D eigenvalue weighted by molar-refractivity contribution is 5.77. The van der Waals surface area contributed by atoms with Gasteiger partial charge in [-0.05, 0) is 23.8 Å². The summed E-state index contributed by atoms with van der Waals surface area (Å²) in [5, 5.41) is 3.06. The first-order chi connectivity index (χ1) is 16.0. The average Bonchev–Trinajstić information content (AvgIpc) is 3.30. The minimum atomic E-state index is -0.738. The maximum atomic E-state index is 14.0. The Labute approximate surface area is 190 Å². The SMILES string of the molecule is COc1ccccc1C(NC(=O)CCc1ncc(-c2ccc(F)cc2F)o1)c1ccccc1. The number of aromatic nitrogens is 1. The Balaban J connectivity index is 1.47. The number of halogens is 2. The molecule has 1 unspecified atom stereocenters. The van der Waals surface area contributed by atoms with E-state index in [0.29, 0.717) is 5.75 Å². The van der Waals surface area contributed by atoms with Crippen LogP contribution in [0.2, 0.25) is 0 Å². The first-order valence-electron chi connectivity index (χ1n) is 10.4. The Morgan fingerprint density at radius 2 is 1.82 bits per heavy atom. The topological polar surface area (TPSA) is 64.4 Å². The van der Waals surface area contributed by atoms with Crippen LogP contribution in [0.15, 0.2) is 83.4 Å². The third-order valence-corrected chi connectivity index (χ3v) is 5.20. The molecule has 4 aromatic rings. The fourth-order valence-electron chi connectivity index (χ4n) is 3.58. The summed E-state index contributed by atoms with van der Waals surface area (Å²) in [4.78, 5) is 16.9. The molecule has 0 saturated heterocycles. The number of nitrogens with zero attached hydrogens (tertiary/aromatic N) is 1. The number of rotatable bonds is 8. The summed E-state index contributed by atoms with van der Waals surface area (Å²) < 4.78 is 38.2. The van der Waals surface area contributed by atoms with Crippen molar-refractivity contribution in [1.29, 1.82) is 0 Å². The molecular formula is C26H22F2N2O3. The number of oxazole rings is 1. The lowest BCUT2D eigenvalue weighted by Gasteiger charge is -2.22. The van der Waals surface area contributed by atoms with Crippen LogP contribution in [-0.4, -0.2) is 18.0 Å². The maximum Gasteiger partial charge on any atom is 0.221 e. The van der Waals surface area contributed by atoms with Gasteiger partial charge in [-0.3, -0.25) is 4.79 Å². The van der Waals surface area contributed by atoms with Gasteiger partial charge >= 0.3 is 0 Å². The number of carbonyl (C=O) groups excluding carboxylic acids is 1. The molecule has 1 N–H and O–H groups in total. The molecule has 33 heavy (non-hydrogen) atoms. The van der Waals surface area contributed by atoms with E-state index in [0.717, 1.165) is 23.3 Å². The lowest BCUT2D eigenvalue weighted by Crippen LogP contribution is -2.29. The number of hydrogen-bond acceptors (Lipinski definition) is 4. The third kappa shape index (κ3) is 5.26. The highest BCUT2D eigenvalue weighted by atomic mass is 19.1. The van der Waals surface area contributed by atoms with Gasteiger partial charge in [-0.25, -0.2) is 13.8 Å². The zero-order valence-corrected chi connectivity index (χ0v) is 17.9. The number of para-hydroxylation sites is 1. The Bertz CT molecular complexity index is 1240. The molecule has 1 atom stereocenters. The van der Waals surface area contributed by atoms with Crippen LogP contribution < -0.4 is 10.1 Å². The molecule has 0 aliphatic heterocycles. The zero-order valence-electron chi connectivity index (χ0n) is 17.9. The van der Waals surface area contributed by atoms with Gasteiger partial charge in [0.25, 0.3) is 0 Å². The van der Waals surface area contributed by atoms with Crippen molar-refractivity contribution < 1.29 is 22.7 Å². The summed E-state index contributed by atoms with van der Waals surface area (Å²) in [5.41, 5.74) is 1.87. The molecule has 0 aliphatic rings. The van der Waals surface area contributed by atoms with E-state index in [-0.39, 0.29) is 36.0 Å². The summed E-state index contributed by atoms with van der Waals surface area (Å²) in [6.07, 6.45) is 1.71. The van der Waals surface area contributed by atoms with Crippen LogP contribution in [0.25, 0.3) is 11.3 Å². The molecule has 168 valence electrons. The van der Waals surface area contributed by atoms with Crippen LogP contribution >= 0.6 is 0 Å².